The zero-order valence-electron chi connectivity index (χ0n) is 14.7. The Balaban J connectivity index is 1.40. The minimum Gasteiger partial charge on any atom is -0.461 e. The predicted molar refractivity (Wildman–Crippen MR) is 91.0 cm³/mol. The first-order valence-electron chi connectivity index (χ1n) is 8.66. The third-order valence-corrected chi connectivity index (χ3v) is 4.02. The van der Waals surface area contributed by atoms with Crippen molar-refractivity contribution >= 4 is 17.1 Å². The van der Waals surface area contributed by atoms with Crippen LogP contribution >= 0.6 is 0 Å². The third-order valence-electron chi connectivity index (χ3n) is 4.02. The number of aliphatic hydroxyl groups excluding tert-OH is 1. The van der Waals surface area contributed by atoms with Crippen LogP contribution in [0.15, 0.2) is 17.4 Å². The van der Waals surface area contributed by atoms with E-state index in [0.717, 1.165) is 0 Å². The Morgan fingerprint density at radius 3 is 3.00 bits per heavy atom. The molecule has 148 valence electrons. The number of ether oxygens (including phenoxy) is 4. The number of hydrogen-bond acceptors (Lipinski definition) is 9. The summed E-state index contributed by atoms with van der Waals surface area (Å²) in [6, 6.07) is 0. The largest absolute Gasteiger partial charge is 0.461 e. The number of H-pyrrole nitrogens is 1. The molecule has 0 bridgehead atoms. The fourth-order valence-electron chi connectivity index (χ4n) is 2.76. The van der Waals surface area contributed by atoms with Crippen molar-refractivity contribution < 1.29 is 28.8 Å². The maximum absolute atomic E-state index is 11.7. The first-order valence-corrected chi connectivity index (χ1v) is 8.66. The van der Waals surface area contributed by atoms with Gasteiger partial charge in [0, 0.05) is 0 Å². The lowest BCUT2D eigenvalue weighted by Crippen LogP contribution is -2.22. The van der Waals surface area contributed by atoms with E-state index in [2.05, 4.69) is 15.0 Å². The average molecular weight is 382 g/mol. The molecule has 0 radical (unpaired) electrons. The van der Waals surface area contributed by atoms with E-state index >= 15 is 0 Å². The Labute approximate surface area is 154 Å². The smallest absolute Gasteiger partial charge is 0.332 e. The van der Waals surface area contributed by atoms with E-state index in [1.807, 2.05) is 0 Å². The molecule has 1 aliphatic rings. The third kappa shape index (κ3) is 5.10. The highest BCUT2D eigenvalue weighted by Crippen LogP contribution is 2.29. The normalized spacial score (nSPS) is 19.6. The van der Waals surface area contributed by atoms with Crippen LogP contribution in [0.1, 0.15) is 19.1 Å². The zero-order chi connectivity index (χ0) is 19.1. The lowest BCUT2D eigenvalue weighted by atomic mass is 10.2. The van der Waals surface area contributed by atoms with Crippen molar-refractivity contribution in [1.82, 2.24) is 19.5 Å². The van der Waals surface area contributed by atoms with Crippen molar-refractivity contribution in [1.29, 1.82) is 0 Å². The van der Waals surface area contributed by atoms with Crippen molar-refractivity contribution in [3.05, 3.63) is 23.0 Å². The second kappa shape index (κ2) is 9.55. The molecule has 3 rings (SSSR count). The van der Waals surface area contributed by atoms with Gasteiger partial charge in [0.1, 0.15) is 19.4 Å². The van der Waals surface area contributed by atoms with Gasteiger partial charge in [-0.2, -0.15) is 0 Å². The van der Waals surface area contributed by atoms with Gasteiger partial charge in [-0.25, -0.2) is 14.8 Å². The Kier molecular flexibility index (Phi) is 6.87. The van der Waals surface area contributed by atoms with Crippen LogP contribution < -0.4 is 5.56 Å². The van der Waals surface area contributed by atoms with Crippen LogP contribution in [0.5, 0.6) is 0 Å². The number of rotatable bonds is 10. The van der Waals surface area contributed by atoms with Gasteiger partial charge in [0.15, 0.2) is 11.2 Å². The zero-order valence-corrected chi connectivity index (χ0v) is 14.7. The fourth-order valence-corrected chi connectivity index (χ4v) is 2.76. The van der Waals surface area contributed by atoms with E-state index in [1.54, 1.807) is 4.57 Å². The highest BCUT2D eigenvalue weighted by molar-refractivity contribution is 5.70. The number of carbonyl (C=O) groups is 1. The van der Waals surface area contributed by atoms with E-state index in [-0.39, 0.29) is 56.4 Å². The van der Waals surface area contributed by atoms with Gasteiger partial charge in [-0.3, -0.25) is 9.36 Å². The molecule has 3 heterocycles. The molecule has 0 aromatic carbocycles. The van der Waals surface area contributed by atoms with Gasteiger partial charge < -0.3 is 29.0 Å². The number of aliphatic hydroxyl groups is 1. The highest BCUT2D eigenvalue weighted by Gasteiger charge is 2.29. The molecule has 2 atom stereocenters. The lowest BCUT2D eigenvalue weighted by molar-refractivity contribution is -0.154. The molecule has 0 spiro atoms. The number of aromatic amines is 1. The molecule has 1 aliphatic heterocycles. The van der Waals surface area contributed by atoms with Crippen LogP contribution in [0.2, 0.25) is 0 Å². The average Bonchev–Trinajstić information content (AvgIpc) is 3.30. The summed E-state index contributed by atoms with van der Waals surface area (Å²) in [4.78, 5) is 34.1. The molecule has 2 aromatic heterocycles. The Morgan fingerprint density at radius 2 is 2.15 bits per heavy atom. The van der Waals surface area contributed by atoms with E-state index in [4.69, 9.17) is 24.1 Å². The molecule has 11 heteroatoms. The molecule has 0 amide bonds. The Bertz CT molecular complexity index is 805. The highest BCUT2D eigenvalue weighted by atomic mass is 16.6. The second-order valence-electron chi connectivity index (χ2n) is 5.92. The molecule has 0 aliphatic carbocycles. The first-order chi connectivity index (χ1) is 13.2. The van der Waals surface area contributed by atoms with Gasteiger partial charge in [-0.05, 0) is 12.8 Å². The number of aromatic nitrogens is 4. The van der Waals surface area contributed by atoms with Crippen LogP contribution in [0.25, 0.3) is 11.2 Å². The van der Waals surface area contributed by atoms with E-state index in [0.29, 0.717) is 25.1 Å². The number of imidazole rings is 1. The number of nitrogens with one attached hydrogen (secondary N) is 1. The van der Waals surface area contributed by atoms with Crippen molar-refractivity contribution in [2.24, 2.45) is 0 Å². The molecule has 11 nitrogen and oxygen atoms in total. The summed E-state index contributed by atoms with van der Waals surface area (Å²) in [6.07, 6.45) is 3.70. The number of esters is 1. The Morgan fingerprint density at radius 1 is 1.30 bits per heavy atom. The van der Waals surface area contributed by atoms with Gasteiger partial charge in [-0.1, -0.05) is 0 Å². The van der Waals surface area contributed by atoms with Crippen molar-refractivity contribution in [2.75, 3.05) is 39.6 Å². The van der Waals surface area contributed by atoms with Gasteiger partial charge in [0.25, 0.3) is 5.56 Å². The summed E-state index contributed by atoms with van der Waals surface area (Å²) in [5.41, 5.74) is 0.415. The summed E-state index contributed by atoms with van der Waals surface area (Å²) in [6.45, 7) is 0.696. The van der Waals surface area contributed by atoms with Crippen LogP contribution in [0, 0.1) is 0 Å². The van der Waals surface area contributed by atoms with Crippen LogP contribution in [-0.4, -0.2) is 76.3 Å². The molecule has 2 aromatic rings. The van der Waals surface area contributed by atoms with Crippen molar-refractivity contribution in [3.63, 3.8) is 0 Å². The van der Waals surface area contributed by atoms with Gasteiger partial charge >= 0.3 is 5.97 Å². The SMILES string of the molecule is O=C(COCCOCCO)OCC1CCC(n2cnc3c(=O)[nH]cnc32)O1. The minimum absolute atomic E-state index is 0.0498. The summed E-state index contributed by atoms with van der Waals surface area (Å²) in [5.74, 6) is -0.481. The van der Waals surface area contributed by atoms with Crippen LogP contribution in [0.4, 0.5) is 0 Å². The lowest BCUT2D eigenvalue weighted by Gasteiger charge is -2.15. The van der Waals surface area contributed by atoms with Gasteiger partial charge in [0.05, 0.1) is 45.2 Å². The Hall–Kier alpha value is -2.34. The fraction of sp³-hybridized carbons (Fsp3) is 0.625. The van der Waals surface area contributed by atoms with Crippen molar-refractivity contribution in [2.45, 2.75) is 25.2 Å². The quantitative estimate of drug-likeness (QED) is 0.406. The molecular formula is C16H22N4O7. The standard InChI is InChI=1S/C16H22N4O7/c21-3-4-24-5-6-25-8-13(22)26-7-11-1-2-12(27-11)20-10-19-14-15(20)17-9-18-16(14)23/h9-12,21H,1-8H2,(H,17,18,23). The molecule has 2 N–H and O–H groups in total. The summed E-state index contributed by atoms with van der Waals surface area (Å²) < 4.78 is 22.9. The number of nitrogens with zero attached hydrogens (tertiary/aromatic N) is 3. The first kappa shape index (κ1) is 19.4. The van der Waals surface area contributed by atoms with E-state index in [1.165, 1.54) is 12.7 Å². The summed E-state index contributed by atoms with van der Waals surface area (Å²) in [5, 5.41) is 8.55. The molecular weight excluding hydrogens is 360 g/mol. The number of carbonyl (C=O) groups excluding carboxylic acids is 1. The van der Waals surface area contributed by atoms with Gasteiger partial charge in [-0.15, -0.1) is 0 Å². The van der Waals surface area contributed by atoms with Gasteiger partial charge in [0.2, 0.25) is 0 Å². The molecule has 1 fully saturated rings. The number of hydrogen-bond donors (Lipinski definition) is 2. The minimum atomic E-state index is -0.481. The summed E-state index contributed by atoms with van der Waals surface area (Å²) in [7, 11) is 0. The molecule has 2 unspecified atom stereocenters. The topological polar surface area (TPSA) is 138 Å². The maximum Gasteiger partial charge on any atom is 0.332 e. The monoisotopic (exact) mass is 382 g/mol. The number of fused-ring (bicyclic) bond motifs is 1. The molecule has 27 heavy (non-hydrogen) atoms. The molecule has 0 saturated carbocycles. The van der Waals surface area contributed by atoms with Crippen molar-refractivity contribution in [3.8, 4) is 0 Å². The van der Waals surface area contributed by atoms with Crippen LogP contribution in [0.3, 0.4) is 0 Å². The maximum atomic E-state index is 11.7. The van der Waals surface area contributed by atoms with E-state index < -0.39 is 5.97 Å². The van der Waals surface area contributed by atoms with E-state index in [9.17, 15) is 9.59 Å². The summed E-state index contributed by atoms with van der Waals surface area (Å²) >= 11 is 0. The second-order valence-corrected chi connectivity index (χ2v) is 5.92. The molecule has 1 saturated heterocycles. The predicted octanol–water partition coefficient (Wildman–Crippen LogP) is -0.634. The van der Waals surface area contributed by atoms with Crippen LogP contribution in [-0.2, 0) is 23.7 Å².